The minimum Gasteiger partial charge on any atom is -0.378 e. The number of nitrogens with one attached hydrogen (secondary N) is 2. The summed E-state index contributed by atoms with van der Waals surface area (Å²) in [7, 11) is 4.13. The maximum atomic E-state index is 11.4. The third kappa shape index (κ3) is 2.96. The fourth-order valence-corrected chi connectivity index (χ4v) is 4.19. The van der Waals surface area contributed by atoms with Gasteiger partial charge in [0.05, 0.1) is 6.04 Å². The summed E-state index contributed by atoms with van der Waals surface area (Å²) in [6.07, 6.45) is 5.68. The van der Waals surface area contributed by atoms with Gasteiger partial charge in [0.1, 0.15) is 0 Å². The number of benzene rings is 2. The second-order valence-corrected chi connectivity index (χ2v) is 7.44. The molecule has 1 amide bonds. The minimum absolute atomic E-state index is 0.0360. The smallest absolute Gasteiger partial charge is 0.221 e. The molecule has 2 aliphatic rings. The molecular formula is C22H25N3O. The first-order valence-electron chi connectivity index (χ1n) is 9.15. The van der Waals surface area contributed by atoms with Gasteiger partial charge in [-0.3, -0.25) is 4.79 Å². The quantitative estimate of drug-likeness (QED) is 0.801. The van der Waals surface area contributed by atoms with Crippen LogP contribution in [-0.4, -0.2) is 20.0 Å². The zero-order chi connectivity index (χ0) is 18.3. The van der Waals surface area contributed by atoms with Crippen LogP contribution in [-0.2, 0) is 4.79 Å². The van der Waals surface area contributed by atoms with Crippen molar-refractivity contribution in [1.29, 1.82) is 0 Å². The van der Waals surface area contributed by atoms with Gasteiger partial charge >= 0.3 is 0 Å². The first-order chi connectivity index (χ1) is 12.5. The van der Waals surface area contributed by atoms with Gasteiger partial charge in [0, 0.05) is 44.0 Å². The Labute approximate surface area is 154 Å². The molecule has 134 valence electrons. The van der Waals surface area contributed by atoms with Crippen LogP contribution in [0.3, 0.4) is 0 Å². The van der Waals surface area contributed by atoms with Gasteiger partial charge in [-0.15, -0.1) is 0 Å². The first kappa shape index (κ1) is 16.7. The van der Waals surface area contributed by atoms with Crippen molar-refractivity contribution in [2.45, 2.75) is 25.3 Å². The van der Waals surface area contributed by atoms with Gasteiger partial charge in [0.15, 0.2) is 0 Å². The molecule has 4 rings (SSSR count). The highest BCUT2D eigenvalue weighted by Gasteiger charge is 2.37. The standard InChI is InChI=1S/C22H25N3O/c1-14(26)23-16-9-12-21-20(13-16)18-5-4-6-19(18)22(24-21)15-7-10-17(11-8-15)25(2)3/h4-5,7-13,18-19,22,24H,6H2,1-3H3,(H,23,26). The van der Waals surface area contributed by atoms with Crippen LogP contribution in [0.4, 0.5) is 17.1 Å². The lowest BCUT2D eigenvalue weighted by atomic mass is 9.77. The Morgan fingerprint density at radius 1 is 1.15 bits per heavy atom. The van der Waals surface area contributed by atoms with E-state index in [-0.39, 0.29) is 5.91 Å². The number of fused-ring (bicyclic) bond motifs is 3. The van der Waals surface area contributed by atoms with E-state index in [4.69, 9.17) is 0 Å². The third-order valence-electron chi connectivity index (χ3n) is 5.45. The fourth-order valence-electron chi connectivity index (χ4n) is 4.19. The number of carbonyl (C=O) groups is 1. The van der Waals surface area contributed by atoms with Crippen LogP contribution < -0.4 is 15.5 Å². The topological polar surface area (TPSA) is 44.4 Å². The van der Waals surface area contributed by atoms with E-state index in [1.165, 1.54) is 16.8 Å². The molecule has 0 aromatic heterocycles. The third-order valence-corrected chi connectivity index (χ3v) is 5.45. The second kappa shape index (κ2) is 6.52. The molecule has 3 atom stereocenters. The average molecular weight is 347 g/mol. The van der Waals surface area contributed by atoms with Gasteiger partial charge in [-0.2, -0.15) is 0 Å². The Hall–Kier alpha value is -2.75. The minimum atomic E-state index is -0.0360. The van der Waals surface area contributed by atoms with Gasteiger partial charge in [0.2, 0.25) is 5.91 Å². The summed E-state index contributed by atoms with van der Waals surface area (Å²) in [4.78, 5) is 13.5. The summed E-state index contributed by atoms with van der Waals surface area (Å²) in [5.74, 6) is 0.852. The number of hydrogen-bond donors (Lipinski definition) is 2. The Kier molecular flexibility index (Phi) is 4.19. The van der Waals surface area contributed by atoms with Crippen molar-refractivity contribution in [1.82, 2.24) is 0 Å². The molecular weight excluding hydrogens is 322 g/mol. The highest BCUT2D eigenvalue weighted by Crippen LogP contribution is 2.50. The van der Waals surface area contributed by atoms with E-state index >= 15 is 0 Å². The fraction of sp³-hybridized carbons (Fsp3) is 0.318. The van der Waals surface area contributed by atoms with Crippen molar-refractivity contribution in [3.63, 3.8) is 0 Å². The zero-order valence-electron chi connectivity index (χ0n) is 15.5. The summed E-state index contributed by atoms with van der Waals surface area (Å²) in [6.45, 7) is 1.55. The maximum absolute atomic E-state index is 11.4. The summed E-state index contributed by atoms with van der Waals surface area (Å²) in [5, 5.41) is 6.65. The molecule has 1 aliphatic heterocycles. The van der Waals surface area contributed by atoms with Crippen LogP contribution in [0.2, 0.25) is 0 Å². The van der Waals surface area contributed by atoms with E-state index in [9.17, 15) is 4.79 Å². The summed E-state index contributed by atoms with van der Waals surface area (Å²) >= 11 is 0. The molecule has 4 heteroatoms. The van der Waals surface area contributed by atoms with Crippen LogP contribution in [0.15, 0.2) is 54.6 Å². The molecule has 0 fully saturated rings. The lowest BCUT2D eigenvalue weighted by Crippen LogP contribution is -2.29. The van der Waals surface area contributed by atoms with Gasteiger partial charge < -0.3 is 15.5 Å². The first-order valence-corrected chi connectivity index (χ1v) is 9.15. The van der Waals surface area contributed by atoms with E-state index < -0.39 is 0 Å². The number of carbonyl (C=O) groups excluding carboxylic acids is 1. The SMILES string of the molecule is CC(=O)Nc1ccc2c(c1)C1C=CCC1C(c1ccc(N(C)C)cc1)N2. The molecule has 2 aromatic carbocycles. The van der Waals surface area contributed by atoms with Crippen LogP contribution >= 0.6 is 0 Å². The van der Waals surface area contributed by atoms with Crippen molar-refractivity contribution < 1.29 is 4.79 Å². The Morgan fingerprint density at radius 2 is 1.92 bits per heavy atom. The largest absolute Gasteiger partial charge is 0.378 e. The molecule has 0 radical (unpaired) electrons. The van der Waals surface area contributed by atoms with E-state index in [0.29, 0.717) is 17.9 Å². The van der Waals surface area contributed by atoms with Gasteiger partial charge in [-0.05, 0) is 53.8 Å². The number of nitrogens with zero attached hydrogens (tertiary/aromatic N) is 1. The Bertz CT molecular complexity index is 854. The summed E-state index contributed by atoms with van der Waals surface area (Å²) < 4.78 is 0. The molecule has 3 unspecified atom stereocenters. The lowest BCUT2D eigenvalue weighted by Gasteiger charge is -2.38. The number of anilines is 3. The van der Waals surface area contributed by atoms with Gasteiger partial charge in [-0.25, -0.2) is 0 Å². The zero-order valence-corrected chi connectivity index (χ0v) is 15.5. The molecule has 1 aliphatic carbocycles. The van der Waals surface area contributed by atoms with Crippen molar-refractivity contribution in [3.05, 3.63) is 65.7 Å². The summed E-state index contributed by atoms with van der Waals surface area (Å²) in [5.41, 5.74) is 5.84. The number of hydrogen-bond acceptors (Lipinski definition) is 3. The highest BCUT2D eigenvalue weighted by molar-refractivity contribution is 5.89. The van der Waals surface area contributed by atoms with E-state index in [1.54, 1.807) is 6.92 Å². The molecule has 0 saturated carbocycles. The van der Waals surface area contributed by atoms with Crippen molar-refractivity contribution in [2.24, 2.45) is 5.92 Å². The highest BCUT2D eigenvalue weighted by atomic mass is 16.1. The maximum Gasteiger partial charge on any atom is 0.221 e. The molecule has 2 aromatic rings. The number of amides is 1. The van der Waals surface area contributed by atoms with Crippen LogP contribution in [0.25, 0.3) is 0 Å². The van der Waals surface area contributed by atoms with Crippen LogP contribution in [0.1, 0.15) is 36.4 Å². The van der Waals surface area contributed by atoms with E-state index in [0.717, 1.165) is 17.8 Å². The van der Waals surface area contributed by atoms with Crippen LogP contribution in [0.5, 0.6) is 0 Å². The predicted molar refractivity (Wildman–Crippen MR) is 108 cm³/mol. The van der Waals surface area contributed by atoms with Crippen molar-refractivity contribution in [2.75, 3.05) is 29.6 Å². The van der Waals surface area contributed by atoms with Crippen LogP contribution in [0, 0.1) is 5.92 Å². The van der Waals surface area contributed by atoms with Crippen molar-refractivity contribution >= 4 is 23.0 Å². The average Bonchev–Trinajstić information content (AvgIpc) is 3.11. The molecule has 0 spiro atoms. The molecule has 0 saturated heterocycles. The molecule has 26 heavy (non-hydrogen) atoms. The Morgan fingerprint density at radius 3 is 2.62 bits per heavy atom. The molecule has 2 N–H and O–H groups in total. The van der Waals surface area contributed by atoms with Gasteiger partial charge in [0.25, 0.3) is 0 Å². The number of allylic oxidation sites excluding steroid dienone is 2. The molecule has 1 heterocycles. The summed E-state index contributed by atoms with van der Waals surface area (Å²) in [6, 6.07) is 15.3. The van der Waals surface area contributed by atoms with E-state index in [1.807, 2.05) is 6.07 Å². The lowest BCUT2D eigenvalue weighted by molar-refractivity contribution is -0.114. The Balaban J connectivity index is 1.67. The second-order valence-electron chi connectivity index (χ2n) is 7.44. The van der Waals surface area contributed by atoms with Gasteiger partial charge in [-0.1, -0.05) is 24.3 Å². The molecule has 4 nitrogen and oxygen atoms in total. The normalized spacial score (nSPS) is 23.0. The van der Waals surface area contributed by atoms with E-state index in [2.05, 4.69) is 78.2 Å². The predicted octanol–water partition coefficient (Wildman–Crippen LogP) is 4.54. The number of rotatable bonds is 3. The molecule has 0 bridgehead atoms. The monoisotopic (exact) mass is 347 g/mol. The van der Waals surface area contributed by atoms with Crippen molar-refractivity contribution in [3.8, 4) is 0 Å².